The van der Waals surface area contributed by atoms with Gasteiger partial charge in [-0.1, -0.05) is 33.8 Å². The van der Waals surface area contributed by atoms with Gasteiger partial charge in [0.15, 0.2) is 11.5 Å². The van der Waals surface area contributed by atoms with Gasteiger partial charge in [0.05, 0.1) is 20.0 Å². The SMILES string of the molecule is CC/C=C(\Cc1ccc(OC)c(Oc2ccc(N)cc2CSC(C)(C)C)c1)OC. The number of rotatable bonds is 9. The van der Waals surface area contributed by atoms with Gasteiger partial charge in [0.2, 0.25) is 0 Å². The highest BCUT2D eigenvalue weighted by Gasteiger charge is 2.15. The minimum atomic E-state index is 0.154. The van der Waals surface area contributed by atoms with E-state index in [1.807, 2.05) is 48.2 Å². The average molecular weight is 416 g/mol. The number of nitrogen functional groups attached to an aromatic ring is 1. The van der Waals surface area contributed by atoms with Crippen LogP contribution in [0.15, 0.2) is 48.2 Å². The summed E-state index contributed by atoms with van der Waals surface area (Å²) in [6.07, 6.45) is 3.73. The molecule has 0 spiro atoms. The third kappa shape index (κ3) is 7.24. The van der Waals surface area contributed by atoms with Crippen LogP contribution in [0.1, 0.15) is 45.2 Å². The van der Waals surface area contributed by atoms with Crippen molar-refractivity contribution in [1.29, 1.82) is 0 Å². The molecule has 5 heteroatoms. The van der Waals surface area contributed by atoms with E-state index in [0.29, 0.717) is 17.9 Å². The van der Waals surface area contributed by atoms with E-state index in [9.17, 15) is 0 Å². The molecule has 2 aromatic rings. The van der Waals surface area contributed by atoms with Gasteiger partial charge in [0.1, 0.15) is 5.75 Å². The zero-order chi connectivity index (χ0) is 21.4. The molecule has 0 atom stereocenters. The normalized spacial score (nSPS) is 12.0. The lowest BCUT2D eigenvalue weighted by Gasteiger charge is -2.20. The largest absolute Gasteiger partial charge is 0.501 e. The third-order valence-electron chi connectivity index (χ3n) is 4.27. The van der Waals surface area contributed by atoms with Crippen LogP contribution in [0.25, 0.3) is 0 Å². The lowest BCUT2D eigenvalue weighted by molar-refractivity contribution is 0.281. The molecule has 0 aliphatic rings. The van der Waals surface area contributed by atoms with E-state index in [4.69, 9.17) is 19.9 Å². The maximum Gasteiger partial charge on any atom is 0.169 e. The standard InChI is InChI=1S/C24H33NO3S/c1-7-8-20(26-5)13-17-9-11-22(27-6)23(14-17)28-21-12-10-19(25)15-18(21)16-29-24(2,3)4/h8-12,14-15H,7,13,16,25H2,1-6H3/b20-8+. The van der Waals surface area contributed by atoms with E-state index in [-0.39, 0.29) is 4.75 Å². The Labute approximate surface area is 179 Å². The minimum Gasteiger partial charge on any atom is -0.501 e. The van der Waals surface area contributed by atoms with Gasteiger partial charge in [0.25, 0.3) is 0 Å². The summed E-state index contributed by atoms with van der Waals surface area (Å²) in [6.45, 7) is 8.70. The monoisotopic (exact) mass is 415 g/mol. The summed E-state index contributed by atoms with van der Waals surface area (Å²) in [5.41, 5.74) is 8.93. The Kier molecular flexibility index (Phi) is 8.32. The van der Waals surface area contributed by atoms with Crippen LogP contribution in [0.2, 0.25) is 0 Å². The summed E-state index contributed by atoms with van der Waals surface area (Å²) in [7, 11) is 3.36. The second kappa shape index (κ2) is 10.5. The van der Waals surface area contributed by atoms with Crippen LogP contribution in [-0.2, 0) is 16.9 Å². The van der Waals surface area contributed by atoms with E-state index < -0.39 is 0 Å². The van der Waals surface area contributed by atoms with Crippen LogP contribution in [0.5, 0.6) is 17.2 Å². The Hall–Kier alpha value is -2.27. The molecule has 2 N–H and O–H groups in total. The van der Waals surface area contributed by atoms with Crippen LogP contribution in [0.3, 0.4) is 0 Å². The highest BCUT2D eigenvalue weighted by Crippen LogP contribution is 2.38. The lowest BCUT2D eigenvalue weighted by Crippen LogP contribution is -2.08. The van der Waals surface area contributed by atoms with Crippen LogP contribution >= 0.6 is 11.8 Å². The summed E-state index contributed by atoms with van der Waals surface area (Å²) in [4.78, 5) is 0. The molecule has 2 rings (SSSR count). The van der Waals surface area contributed by atoms with Crippen LogP contribution in [0.4, 0.5) is 5.69 Å². The number of benzene rings is 2. The first-order chi connectivity index (χ1) is 13.8. The fourth-order valence-corrected chi connectivity index (χ4v) is 3.61. The van der Waals surface area contributed by atoms with E-state index in [2.05, 4.69) is 33.8 Å². The second-order valence-electron chi connectivity index (χ2n) is 7.82. The molecule has 0 saturated heterocycles. The van der Waals surface area contributed by atoms with Gasteiger partial charge in [-0.3, -0.25) is 0 Å². The zero-order valence-corrected chi connectivity index (χ0v) is 19.2. The number of hydrogen-bond donors (Lipinski definition) is 1. The Morgan fingerprint density at radius 1 is 1.03 bits per heavy atom. The van der Waals surface area contributed by atoms with Gasteiger partial charge >= 0.3 is 0 Å². The molecule has 0 saturated carbocycles. The zero-order valence-electron chi connectivity index (χ0n) is 18.4. The van der Waals surface area contributed by atoms with Gasteiger partial charge in [-0.05, 0) is 48.4 Å². The quantitative estimate of drug-likeness (QED) is 0.370. The molecule has 0 radical (unpaired) electrons. The number of anilines is 1. The van der Waals surface area contributed by atoms with Gasteiger partial charge in [-0.15, -0.1) is 0 Å². The first kappa shape index (κ1) is 23.0. The topological polar surface area (TPSA) is 53.7 Å². The molecule has 158 valence electrons. The smallest absolute Gasteiger partial charge is 0.169 e. The molecule has 0 aliphatic heterocycles. The van der Waals surface area contributed by atoms with Crippen molar-refractivity contribution >= 4 is 17.4 Å². The van der Waals surface area contributed by atoms with Crippen LogP contribution in [0, 0.1) is 0 Å². The fourth-order valence-electron chi connectivity index (χ4n) is 2.79. The van der Waals surface area contributed by atoms with Crippen molar-refractivity contribution in [1.82, 2.24) is 0 Å². The summed E-state index contributed by atoms with van der Waals surface area (Å²) in [5.74, 6) is 3.93. The third-order valence-corrected chi connectivity index (χ3v) is 5.59. The van der Waals surface area contributed by atoms with Crippen molar-refractivity contribution in [2.24, 2.45) is 0 Å². The highest BCUT2D eigenvalue weighted by atomic mass is 32.2. The Bertz CT molecular complexity index is 841. The van der Waals surface area contributed by atoms with E-state index in [0.717, 1.165) is 40.5 Å². The van der Waals surface area contributed by atoms with E-state index >= 15 is 0 Å². The van der Waals surface area contributed by atoms with Crippen molar-refractivity contribution in [2.45, 2.75) is 51.0 Å². The lowest BCUT2D eigenvalue weighted by atomic mass is 10.1. The van der Waals surface area contributed by atoms with Gasteiger partial charge in [0, 0.05) is 28.2 Å². The van der Waals surface area contributed by atoms with Crippen LogP contribution in [-0.4, -0.2) is 19.0 Å². The Balaban J connectivity index is 2.32. The maximum absolute atomic E-state index is 6.31. The molecule has 0 aromatic heterocycles. The van der Waals surface area contributed by atoms with Gasteiger partial charge < -0.3 is 19.9 Å². The molecule has 0 aliphatic carbocycles. The predicted molar refractivity (Wildman–Crippen MR) is 124 cm³/mol. The molecule has 0 amide bonds. The maximum atomic E-state index is 6.31. The van der Waals surface area contributed by atoms with E-state index in [1.54, 1.807) is 14.2 Å². The Morgan fingerprint density at radius 3 is 2.38 bits per heavy atom. The number of methoxy groups -OCH3 is 2. The number of hydrogen-bond acceptors (Lipinski definition) is 5. The van der Waals surface area contributed by atoms with Crippen LogP contribution < -0.4 is 15.2 Å². The number of nitrogens with two attached hydrogens (primary N) is 1. The summed E-state index contributed by atoms with van der Waals surface area (Å²) >= 11 is 1.86. The number of allylic oxidation sites excluding steroid dienone is 2. The fraction of sp³-hybridized carbons (Fsp3) is 0.417. The Morgan fingerprint density at radius 2 is 1.76 bits per heavy atom. The molecule has 29 heavy (non-hydrogen) atoms. The summed E-state index contributed by atoms with van der Waals surface area (Å²) < 4.78 is 17.5. The molecule has 0 heterocycles. The number of ether oxygens (including phenoxy) is 3. The van der Waals surface area contributed by atoms with E-state index in [1.165, 1.54) is 0 Å². The predicted octanol–water partition coefficient (Wildman–Crippen LogP) is 6.58. The van der Waals surface area contributed by atoms with Crippen molar-refractivity contribution in [3.63, 3.8) is 0 Å². The average Bonchev–Trinajstić information content (AvgIpc) is 2.67. The van der Waals surface area contributed by atoms with Gasteiger partial charge in [-0.2, -0.15) is 11.8 Å². The highest BCUT2D eigenvalue weighted by molar-refractivity contribution is 7.99. The first-order valence-corrected chi connectivity index (χ1v) is 10.8. The number of thioether (sulfide) groups is 1. The first-order valence-electron chi connectivity index (χ1n) is 9.86. The molecular weight excluding hydrogens is 382 g/mol. The summed E-state index contributed by atoms with van der Waals surface area (Å²) in [5, 5.41) is 0. The minimum absolute atomic E-state index is 0.154. The molecule has 0 fully saturated rings. The molecule has 2 aromatic carbocycles. The summed E-state index contributed by atoms with van der Waals surface area (Å²) in [6, 6.07) is 11.8. The molecule has 0 unspecified atom stereocenters. The van der Waals surface area contributed by atoms with Crippen molar-refractivity contribution in [3.05, 3.63) is 59.4 Å². The molecule has 0 bridgehead atoms. The molecular formula is C24H33NO3S. The second-order valence-corrected chi connectivity index (χ2v) is 9.62. The van der Waals surface area contributed by atoms with Crippen molar-refractivity contribution in [3.8, 4) is 17.2 Å². The molecule has 4 nitrogen and oxygen atoms in total. The van der Waals surface area contributed by atoms with Gasteiger partial charge in [-0.25, -0.2) is 0 Å². The van der Waals surface area contributed by atoms with Crippen molar-refractivity contribution < 1.29 is 14.2 Å². The van der Waals surface area contributed by atoms with Crippen molar-refractivity contribution in [2.75, 3.05) is 20.0 Å².